The van der Waals surface area contributed by atoms with Gasteiger partial charge in [-0.2, -0.15) is 11.8 Å². The van der Waals surface area contributed by atoms with E-state index in [4.69, 9.17) is 0 Å². The summed E-state index contributed by atoms with van der Waals surface area (Å²) in [4.78, 5) is 2.63. The van der Waals surface area contributed by atoms with Crippen molar-refractivity contribution in [1.29, 1.82) is 0 Å². The van der Waals surface area contributed by atoms with Gasteiger partial charge in [-0.05, 0) is 56.5 Å². The van der Waals surface area contributed by atoms with E-state index in [1.165, 1.54) is 50.4 Å². The van der Waals surface area contributed by atoms with Gasteiger partial charge in [-0.25, -0.2) is 0 Å². The van der Waals surface area contributed by atoms with Crippen molar-refractivity contribution in [3.8, 4) is 0 Å². The maximum absolute atomic E-state index is 3.53. The second-order valence-corrected chi connectivity index (χ2v) is 7.72. The third-order valence-corrected chi connectivity index (χ3v) is 5.77. The molecule has 0 aromatic heterocycles. The molecule has 2 fully saturated rings. The van der Waals surface area contributed by atoms with E-state index in [1.54, 1.807) is 0 Å². The second-order valence-electron chi connectivity index (χ2n) is 6.69. The average Bonchev–Trinajstić information content (AvgIpc) is 2.29. The van der Waals surface area contributed by atoms with Crippen LogP contribution in [0.4, 0.5) is 0 Å². The van der Waals surface area contributed by atoms with E-state index in [9.17, 15) is 0 Å². The molecule has 2 rings (SSSR count). The number of rotatable bonds is 3. The summed E-state index contributed by atoms with van der Waals surface area (Å²) in [5, 5.41) is 3.53. The van der Waals surface area contributed by atoms with Gasteiger partial charge in [0, 0.05) is 18.3 Å². The van der Waals surface area contributed by atoms with Crippen molar-refractivity contribution in [1.82, 2.24) is 10.2 Å². The van der Waals surface area contributed by atoms with Crippen LogP contribution >= 0.6 is 11.8 Å². The third kappa shape index (κ3) is 4.15. The van der Waals surface area contributed by atoms with Crippen molar-refractivity contribution in [3.05, 3.63) is 0 Å². The van der Waals surface area contributed by atoms with Crippen LogP contribution in [0, 0.1) is 11.3 Å². The van der Waals surface area contributed by atoms with Crippen molar-refractivity contribution in [2.45, 2.75) is 39.2 Å². The summed E-state index contributed by atoms with van der Waals surface area (Å²) in [5.41, 5.74) is 0.534. The summed E-state index contributed by atoms with van der Waals surface area (Å²) in [6, 6.07) is 0.797. The van der Waals surface area contributed by atoms with Crippen LogP contribution in [0.2, 0.25) is 0 Å². The molecular formula is C14H28N2S. The minimum Gasteiger partial charge on any atom is -0.316 e. The Morgan fingerprint density at radius 3 is 2.88 bits per heavy atom. The summed E-state index contributed by atoms with van der Waals surface area (Å²) in [6.45, 7) is 8.58. The fourth-order valence-corrected chi connectivity index (χ4v) is 4.58. The highest BCUT2D eigenvalue weighted by molar-refractivity contribution is 7.99. The van der Waals surface area contributed by atoms with Gasteiger partial charge >= 0.3 is 0 Å². The first-order chi connectivity index (χ1) is 8.07. The molecule has 2 unspecified atom stereocenters. The lowest BCUT2D eigenvalue weighted by Crippen LogP contribution is -2.45. The maximum Gasteiger partial charge on any atom is 0.0188 e. The molecule has 17 heavy (non-hydrogen) atoms. The molecule has 3 heteroatoms. The smallest absolute Gasteiger partial charge is 0.0188 e. The zero-order chi connectivity index (χ0) is 12.3. The number of hydrogen-bond donors (Lipinski definition) is 1. The molecule has 2 saturated heterocycles. The van der Waals surface area contributed by atoms with E-state index in [0.717, 1.165) is 12.0 Å². The number of hydrogen-bond acceptors (Lipinski definition) is 3. The molecule has 0 saturated carbocycles. The zero-order valence-corrected chi connectivity index (χ0v) is 12.5. The minimum atomic E-state index is 0.534. The Morgan fingerprint density at radius 1 is 1.41 bits per heavy atom. The normalized spacial score (nSPS) is 33.9. The van der Waals surface area contributed by atoms with Gasteiger partial charge in [0.25, 0.3) is 0 Å². The highest BCUT2D eigenvalue weighted by Gasteiger charge is 2.31. The lowest BCUT2D eigenvalue weighted by atomic mass is 9.87. The summed E-state index contributed by atoms with van der Waals surface area (Å²) in [5.74, 6) is 3.55. The van der Waals surface area contributed by atoms with Gasteiger partial charge < -0.3 is 10.2 Å². The van der Waals surface area contributed by atoms with Crippen LogP contribution in [-0.4, -0.2) is 49.1 Å². The van der Waals surface area contributed by atoms with Gasteiger partial charge in [-0.1, -0.05) is 13.8 Å². The predicted molar refractivity (Wildman–Crippen MR) is 77.7 cm³/mol. The molecule has 2 heterocycles. The molecule has 0 spiro atoms. The molecule has 2 aliphatic rings. The molecule has 0 aromatic rings. The van der Waals surface area contributed by atoms with Crippen molar-refractivity contribution in [2.24, 2.45) is 11.3 Å². The standard InChI is InChI=1S/C14H28N2S/c1-14(2)7-13(10-17-11-14)16(3)9-12-5-4-6-15-8-12/h12-13,15H,4-11H2,1-3H3. The number of thioether (sulfide) groups is 1. The second kappa shape index (κ2) is 5.94. The number of piperidine rings is 1. The van der Waals surface area contributed by atoms with E-state index in [-0.39, 0.29) is 0 Å². The molecule has 0 aromatic carbocycles. The molecule has 2 aliphatic heterocycles. The maximum atomic E-state index is 3.53. The fourth-order valence-electron chi connectivity index (χ4n) is 3.15. The molecule has 0 bridgehead atoms. The van der Waals surface area contributed by atoms with E-state index in [1.807, 2.05) is 0 Å². The monoisotopic (exact) mass is 256 g/mol. The SMILES string of the molecule is CN(CC1CCCNC1)C1CSCC(C)(C)C1. The van der Waals surface area contributed by atoms with Gasteiger partial charge in [-0.3, -0.25) is 0 Å². The first kappa shape index (κ1) is 13.7. The highest BCUT2D eigenvalue weighted by atomic mass is 32.2. The molecule has 1 N–H and O–H groups in total. The van der Waals surface area contributed by atoms with Crippen LogP contribution < -0.4 is 5.32 Å². The first-order valence-electron chi connectivity index (χ1n) is 7.05. The van der Waals surface area contributed by atoms with Crippen molar-refractivity contribution in [2.75, 3.05) is 38.2 Å². The van der Waals surface area contributed by atoms with Crippen molar-refractivity contribution < 1.29 is 0 Å². The number of nitrogens with zero attached hydrogens (tertiary/aromatic N) is 1. The number of nitrogens with one attached hydrogen (secondary N) is 1. The van der Waals surface area contributed by atoms with Crippen molar-refractivity contribution in [3.63, 3.8) is 0 Å². The van der Waals surface area contributed by atoms with Crippen LogP contribution in [0.1, 0.15) is 33.1 Å². The Kier molecular flexibility index (Phi) is 4.79. The molecule has 100 valence electrons. The molecule has 0 aliphatic carbocycles. The Balaban J connectivity index is 1.80. The summed E-state index contributed by atoms with van der Waals surface area (Å²) in [7, 11) is 2.33. The zero-order valence-electron chi connectivity index (χ0n) is 11.7. The van der Waals surface area contributed by atoms with Gasteiger partial charge in [-0.15, -0.1) is 0 Å². The lowest BCUT2D eigenvalue weighted by molar-refractivity contribution is 0.158. The largest absolute Gasteiger partial charge is 0.316 e. The summed E-state index contributed by atoms with van der Waals surface area (Å²) < 4.78 is 0. The quantitative estimate of drug-likeness (QED) is 0.835. The first-order valence-corrected chi connectivity index (χ1v) is 8.21. The fraction of sp³-hybridized carbons (Fsp3) is 1.00. The molecular weight excluding hydrogens is 228 g/mol. The van der Waals surface area contributed by atoms with Gasteiger partial charge in [0.2, 0.25) is 0 Å². The topological polar surface area (TPSA) is 15.3 Å². The van der Waals surface area contributed by atoms with Gasteiger partial charge in [0.05, 0.1) is 0 Å². The van der Waals surface area contributed by atoms with Crippen molar-refractivity contribution >= 4 is 11.8 Å². The summed E-state index contributed by atoms with van der Waals surface area (Å²) in [6.07, 6.45) is 4.15. The predicted octanol–water partition coefficient (Wildman–Crippen LogP) is 2.45. The van der Waals surface area contributed by atoms with E-state index in [2.05, 4.69) is 42.9 Å². The van der Waals surface area contributed by atoms with Crippen LogP contribution in [0.25, 0.3) is 0 Å². The molecule has 2 nitrogen and oxygen atoms in total. The molecule has 0 amide bonds. The van der Waals surface area contributed by atoms with Crippen LogP contribution in [0.3, 0.4) is 0 Å². The Bertz CT molecular complexity index is 236. The highest BCUT2D eigenvalue weighted by Crippen LogP contribution is 2.35. The van der Waals surface area contributed by atoms with E-state index in [0.29, 0.717) is 5.41 Å². The van der Waals surface area contributed by atoms with Crippen LogP contribution in [0.5, 0.6) is 0 Å². The van der Waals surface area contributed by atoms with E-state index < -0.39 is 0 Å². The van der Waals surface area contributed by atoms with Gasteiger partial charge in [0.15, 0.2) is 0 Å². The van der Waals surface area contributed by atoms with Crippen LogP contribution in [0.15, 0.2) is 0 Å². The van der Waals surface area contributed by atoms with Crippen LogP contribution in [-0.2, 0) is 0 Å². The lowest BCUT2D eigenvalue weighted by Gasteiger charge is -2.41. The molecule has 2 atom stereocenters. The third-order valence-electron chi connectivity index (χ3n) is 4.16. The Hall–Kier alpha value is 0.270. The summed E-state index contributed by atoms with van der Waals surface area (Å²) >= 11 is 2.14. The Morgan fingerprint density at radius 2 is 2.24 bits per heavy atom. The average molecular weight is 256 g/mol. The van der Waals surface area contributed by atoms with Gasteiger partial charge in [0.1, 0.15) is 0 Å². The van der Waals surface area contributed by atoms with E-state index >= 15 is 0 Å². The Labute approximate surface area is 111 Å². The minimum absolute atomic E-state index is 0.534. The molecule has 0 radical (unpaired) electrons.